The number of isocyanates is 1. The zero-order valence-electron chi connectivity index (χ0n) is 8.35. The zero-order valence-corrected chi connectivity index (χ0v) is 8.35. The monoisotopic (exact) mass is 204 g/mol. The summed E-state index contributed by atoms with van der Waals surface area (Å²) in [7, 11) is 0. The van der Waals surface area contributed by atoms with Crippen molar-refractivity contribution in [3.8, 4) is 0 Å². The quantitative estimate of drug-likeness (QED) is 0.546. The molecular weight excluding hydrogens is 192 g/mol. The number of aliphatic imine (C=N–C) groups is 1. The number of hydrogen-bond donors (Lipinski definition) is 0. The van der Waals surface area contributed by atoms with Gasteiger partial charge < -0.3 is 4.74 Å². The van der Waals surface area contributed by atoms with Crippen LogP contribution in [0.5, 0.6) is 0 Å². The van der Waals surface area contributed by atoms with Crippen molar-refractivity contribution < 1.29 is 9.53 Å². The van der Waals surface area contributed by atoms with Gasteiger partial charge in [-0.05, 0) is 30.4 Å². The first-order chi connectivity index (χ1) is 7.42. The molecule has 15 heavy (non-hydrogen) atoms. The molecule has 0 radical (unpaired) electrons. The van der Waals surface area contributed by atoms with Crippen LogP contribution in [-0.4, -0.2) is 24.3 Å². The summed E-state index contributed by atoms with van der Waals surface area (Å²) < 4.78 is 5.30. The standard InChI is InChI=1S/C11H12N2O2/c14-8-13-11-7-12-4-1-10(11)9-2-5-15-6-3-9/h1,4,7,9H,2-3,5-6H2. The second kappa shape index (κ2) is 4.82. The molecule has 1 aliphatic rings. The van der Waals surface area contributed by atoms with E-state index < -0.39 is 0 Å². The molecule has 0 aliphatic carbocycles. The summed E-state index contributed by atoms with van der Waals surface area (Å²) in [6, 6.07) is 1.92. The van der Waals surface area contributed by atoms with Gasteiger partial charge in [0.15, 0.2) is 0 Å². The maximum absolute atomic E-state index is 10.3. The van der Waals surface area contributed by atoms with Crippen LogP contribution in [0.4, 0.5) is 5.69 Å². The van der Waals surface area contributed by atoms with Crippen LogP contribution < -0.4 is 0 Å². The van der Waals surface area contributed by atoms with E-state index in [0.717, 1.165) is 31.6 Å². The minimum atomic E-state index is 0.425. The maximum atomic E-state index is 10.3. The van der Waals surface area contributed by atoms with Gasteiger partial charge in [-0.3, -0.25) is 4.98 Å². The summed E-state index contributed by atoms with van der Waals surface area (Å²) in [4.78, 5) is 17.9. The molecule has 1 aromatic heterocycles. The van der Waals surface area contributed by atoms with Crippen molar-refractivity contribution in [3.63, 3.8) is 0 Å². The predicted molar refractivity (Wildman–Crippen MR) is 54.8 cm³/mol. The Labute approximate surface area is 88.0 Å². The third kappa shape index (κ3) is 2.29. The van der Waals surface area contributed by atoms with Crippen LogP contribution in [0, 0.1) is 0 Å². The van der Waals surface area contributed by atoms with Gasteiger partial charge in [0, 0.05) is 19.4 Å². The van der Waals surface area contributed by atoms with E-state index in [1.807, 2.05) is 6.07 Å². The van der Waals surface area contributed by atoms with Crippen LogP contribution in [0.1, 0.15) is 24.3 Å². The summed E-state index contributed by atoms with van der Waals surface area (Å²) in [5.74, 6) is 0.425. The molecule has 2 rings (SSSR count). The number of hydrogen-bond acceptors (Lipinski definition) is 4. The zero-order chi connectivity index (χ0) is 10.5. The Morgan fingerprint density at radius 3 is 3.00 bits per heavy atom. The van der Waals surface area contributed by atoms with Crippen molar-refractivity contribution in [3.05, 3.63) is 24.0 Å². The number of pyridine rings is 1. The molecule has 0 unspecified atom stereocenters. The summed E-state index contributed by atoms with van der Waals surface area (Å²) in [5.41, 5.74) is 1.72. The van der Waals surface area contributed by atoms with Gasteiger partial charge in [0.25, 0.3) is 0 Å². The number of rotatable bonds is 2. The van der Waals surface area contributed by atoms with Gasteiger partial charge >= 0.3 is 0 Å². The molecule has 0 bridgehead atoms. The first kappa shape index (κ1) is 10.0. The average molecular weight is 204 g/mol. The van der Waals surface area contributed by atoms with Crippen molar-refractivity contribution in [2.24, 2.45) is 4.99 Å². The molecular formula is C11H12N2O2. The number of ether oxygens (including phenoxy) is 1. The lowest BCUT2D eigenvalue weighted by Gasteiger charge is -2.22. The van der Waals surface area contributed by atoms with E-state index in [-0.39, 0.29) is 0 Å². The maximum Gasteiger partial charge on any atom is 0.240 e. The Balaban J connectivity index is 2.28. The van der Waals surface area contributed by atoms with E-state index in [1.54, 1.807) is 18.5 Å². The fourth-order valence-electron chi connectivity index (χ4n) is 1.89. The number of aromatic nitrogens is 1. The summed E-state index contributed by atoms with van der Waals surface area (Å²) in [6.07, 6.45) is 6.86. The second-order valence-corrected chi connectivity index (χ2v) is 3.52. The van der Waals surface area contributed by atoms with Crippen molar-refractivity contribution in [2.45, 2.75) is 18.8 Å². The van der Waals surface area contributed by atoms with Crippen LogP contribution in [0.15, 0.2) is 23.5 Å². The summed E-state index contributed by atoms with van der Waals surface area (Å²) in [5, 5.41) is 0. The Morgan fingerprint density at radius 2 is 2.27 bits per heavy atom. The van der Waals surface area contributed by atoms with Crippen LogP contribution in [0.2, 0.25) is 0 Å². The van der Waals surface area contributed by atoms with Crippen LogP contribution in [0.25, 0.3) is 0 Å². The third-order valence-electron chi connectivity index (χ3n) is 2.66. The molecule has 4 heteroatoms. The van der Waals surface area contributed by atoms with Gasteiger partial charge in [-0.25, -0.2) is 4.79 Å². The first-order valence-corrected chi connectivity index (χ1v) is 5.01. The Morgan fingerprint density at radius 1 is 1.47 bits per heavy atom. The van der Waals surface area contributed by atoms with E-state index in [2.05, 4.69) is 9.98 Å². The smallest absolute Gasteiger partial charge is 0.240 e. The lowest BCUT2D eigenvalue weighted by Crippen LogP contribution is -2.14. The molecule has 0 saturated carbocycles. The van der Waals surface area contributed by atoms with Gasteiger partial charge in [-0.15, -0.1) is 0 Å². The van der Waals surface area contributed by atoms with Gasteiger partial charge in [0.1, 0.15) is 0 Å². The van der Waals surface area contributed by atoms with E-state index in [9.17, 15) is 4.79 Å². The highest BCUT2D eigenvalue weighted by Gasteiger charge is 2.18. The van der Waals surface area contributed by atoms with Gasteiger partial charge in [-0.2, -0.15) is 4.99 Å². The predicted octanol–water partition coefficient (Wildman–Crippen LogP) is 1.94. The number of nitrogens with zero attached hydrogens (tertiary/aromatic N) is 2. The Bertz CT molecular complexity index is 380. The summed E-state index contributed by atoms with van der Waals surface area (Å²) in [6.45, 7) is 1.55. The van der Waals surface area contributed by atoms with E-state index in [4.69, 9.17) is 4.74 Å². The lowest BCUT2D eigenvalue weighted by atomic mass is 9.91. The van der Waals surface area contributed by atoms with Crippen molar-refractivity contribution in [2.75, 3.05) is 13.2 Å². The van der Waals surface area contributed by atoms with Crippen LogP contribution >= 0.6 is 0 Å². The molecule has 1 aliphatic heterocycles. The highest BCUT2D eigenvalue weighted by molar-refractivity contribution is 5.53. The SMILES string of the molecule is O=C=Nc1cnccc1C1CCOCC1. The van der Waals surface area contributed by atoms with Gasteiger partial charge in [0.2, 0.25) is 6.08 Å². The molecule has 1 fully saturated rings. The fourth-order valence-corrected chi connectivity index (χ4v) is 1.89. The van der Waals surface area contributed by atoms with E-state index >= 15 is 0 Å². The Kier molecular flexibility index (Phi) is 3.22. The lowest BCUT2D eigenvalue weighted by molar-refractivity contribution is 0.0854. The van der Waals surface area contributed by atoms with Crippen molar-refractivity contribution >= 4 is 11.8 Å². The molecule has 0 atom stereocenters. The van der Waals surface area contributed by atoms with E-state index in [1.165, 1.54) is 0 Å². The molecule has 0 aromatic carbocycles. The Hall–Kier alpha value is -1.51. The van der Waals surface area contributed by atoms with Crippen molar-refractivity contribution in [1.82, 2.24) is 4.98 Å². The second-order valence-electron chi connectivity index (χ2n) is 3.52. The summed E-state index contributed by atoms with van der Waals surface area (Å²) >= 11 is 0. The highest BCUT2D eigenvalue weighted by atomic mass is 16.5. The van der Waals surface area contributed by atoms with Gasteiger partial charge in [-0.1, -0.05) is 0 Å². The van der Waals surface area contributed by atoms with Gasteiger partial charge in [0.05, 0.1) is 11.9 Å². The average Bonchev–Trinajstić information content (AvgIpc) is 2.31. The first-order valence-electron chi connectivity index (χ1n) is 5.01. The number of carbonyl (C=O) groups excluding carboxylic acids is 1. The molecule has 1 aromatic rings. The largest absolute Gasteiger partial charge is 0.381 e. The molecule has 1 saturated heterocycles. The molecule has 0 N–H and O–H groups in total. The van der Waals surface area contributed by atoms with E-state index in [0.29, 0.717) is 11.6 Å². The van der Waals surface area contributed by atoms with Crippen LogP contribution in [-0.2, 0) is 9.53 Å². The molecule has 0 spiro atoms. The fraction of sp³-hybridized carbons (Fsp3) is 0.455. The van der Waals surface area contributed by atoms with Crippen molar-refractivity contribution in [1.29, 1.82) is 0 Å². The molecule has 2 heterocycles. The minimum Gasteiger partial charge on any atom is -0.381 e. The molecule has 4 nitrogen and oxygen atoms in total. The normalized spacial score (nSPS) is 17.1. The molecule has 78 valence electrons. The molecule has 0 amide bonds. The third-order valence-corrected chi connectivity index (χ3v) is 2.66. The highest BCUT2D eigenvalue weighted by Crippen LogP contribution is 2.32. The van der Waals surface area contributed by atoms with Crippen LogP contribution in [0.3, 0.4) is 0 Å². The topological polar surface area (TPSA) is 51.5 Å². The minimum absolute atomic E-state index is 0.425.